The molecule has 1 aliphatic rings. The Morgan fingerprint density at radius 1 is 1.69 bits per heavy atom. The number of rotatable bonds is 2. The molecule has 1 aliphatic carbocycles. The normalized spacial score (nSPS) is 27.1. The molecule has 1 rings (SSSR count). The molecule has 0 aliphatic heterocycles. The van der Waals surface area contributed by atoms with Crippen molar-refractivity contribution in [1.29, 1.82) is 0 Å². The number of carbonyl (C=O) groups excluding carboxylic acids is 1. The molecule has 2 nitrogen and oxygen atoms in total. The van der Waals surface area contributed by atoms with Crippen molar-refractivity contribution in [2.24, 2.45) is 17.6 Å². The highest BCUT2D eigenvalue weighted by atomic mass is 16.1. The highest BCUT2D eigenvalue weighted by Crippen LogP contribution is 2.34. The molecular weight excluding hydrogens is 162 g/mol. The Hall–Kier alpha value is -1.29. The monoisotopic (exact) mass is 175 g/mol. The summed E-state index contributed by atoms with van der Waals surface area (Å²) in [4.78, 5) is 11.5. The average Bonchev–Trinajstić information content (AvgIpc) is 2.44. The van der Waals surface area contributed by atoms with Crippen LogP contribution in [0.2, 0.25) is 0 Å². The highest BCUT2D eigenvalue weighted by Gasteiger charge is 2.35. The topological polar surface area (TPSA) is 43.1 Å². The van der Waals surface area contributed by atoms with Gasteiger partial charge in [0, 0.05) is 12.3 Å². The number of carbonyl (C=O) groups is 1. The minimum Gasteiger partial charge on any atom is -0.330 e. The molecule has 2 atom stereocenters. The minimum atomic E-state index is -0.122. The molecule has 1 fully saturated rings. The van der Waals surface area contributed by atoms with Gasteiger partial charge >= 0.3 is 0 Å². The summed E-state index contributed by atoms with van der Waals surface area (Å²) in [6.45, 7) is 4.06. The van der Waals surface area contributed by atoms with E-state index in [0.717, 1.165) is 5.57 Å². The van der Waals surface area contributed by atoms with E-state index in [4.69, 9.17) is 12.2 Å². The number of hydrogen-bond donors (Lipinski definition) is 1. The first-order valence-electron chi connectivity index (χ1n) is 4.33. The fraction of sp³-hybridized carbons (Fsp3) is 0.455. The van der Waals surface area contributed by atoms with Gasteiger partial charge in [0.05, 0.1) is 5.92 Å². The van der Waals surface area contributed by atoms with Gasteiger partial charge in [0.2, 0.25) is 0 Å². The van der Waals surface area contributed by atoms with E-state index in [9.17, 15) is 4.79 Å². The van der Waals surface area contributed by atoms with E-state index in [1.54, 1.807) is 0 Å². The van der Waals surface area contributed by atoms with Crippen LogP contribution >= 0.6 is 0 Å². The molecule has 2 unspecified atom stereocenters. The quantitative estimate of drug-likeness (QED) is 0.500. The van der Waals surface area contributed by atoms with Crippen LogP contribution < -0.4 is 5.73 Å². The van der Waals surface area contributed by atoms with Crippen LogP contribution in [-0.4, -0.2) is 12.3 Å². The lowest BCUT2D eigenvalue weighted by atomic mass is 9.95. The van der Waals surface area contributed by atoms with Gasteiger partial charge in [0.25, 0.3) is 0 Å². The largest absolute Gasteiger partial charge is 0.330 e. The van der Waals surface area contributed by atoms with E-state index in [1.807, 2.05) is 0 Å². The summed E-state index contributed by atoms with van der Waals surface area (Å²) < 4.78 is 0. The Kier molecular flexibility index (Phi) is 3.08. The van der Waals surface area contributed by atoms with Gasteiger partial charge < -0.3 is 5.73 Å². The Labute approximate surface area is 78.5 Å². The summed E-state index contributed by atoms with van der Waals surface area (Å²) in [5.41, 5.74) is 9.05. The van der Waals surface area contributed by atoms with Crippen molar-refractivity contribution in [2.75, 3.05) is 6.54 Å². The second-order valence-corrected chi connectivity index (χ2v) is 3.15. The first-order chi connectivity index (χ1) is 6.24. The van der Waals surface area contributed by atoms with Gasteiger partial charge in [-0.2, -0.15) is 0 Å². The third kappa shape index (κ3) is 1.72. The summed E-state index contributed by atoms with van der Waals surface area (Å²) in [5, 5.41) is 0. The van der Waals surface area contributed by atoms with Gasteiger partial charge in [-0.05, 0) is 18.5 Å². The zero-order valence-electron chi connectivity index (χ0n) is 7.55. The van der Waals surface area contributed by atoms with Crippen LogP contribution in [-0.2, 0) is 4.79 Å². The van der Waals surface area contributed by atoms with Crippen molar-refractivity contribution < 1.29 is 4.79 Å². The fourth-order valence-electron chi connectivity index (χ4n) is 1.75. The average molecular weight is 175 g/mol. The lowest BCUT2D eigenvalue weighted by molar-refractivity contribution is -0.120. The molecule has 0 aromatic carbocycles. The van der Waals surface area contributed by atoms with Crippen LogP contribution in [0, 0.1) is 24.2 Å². The van der Waals surface area contributed by atoms with Gasteiger partial charge in [-0.15, -0.1) is 12.2 Å². The molecule has 0 spiro atoms. The number of hydrogen-bond acceptors (Lipinski definition) is 2. The van der Waals surface area contributed by atoms with Crippen LogP contribution in [0.25, 0.3) is 0 Å². The van der Waals surface area contributed by atoms with Gasteiger partial charge in [-0.1, -0.05) is 12.5 Å². The van der Waals surface area contributed by atoms with E-state index in [0.29, 0.717) is 19.4 Å². The van der Waals surface area contributed by atoms with Crippen molar-refractivity contribution in [3.63, 3.8) is 0 Å². The molecule has 0 aromatic heterocycles. The van der Waals surface area contributed by atoms with Crippen LogP contribution in [0.15, 0.2) is 17.9 Å². The van der Waals surface area contributed by atoms with Crippen LogP contribution in [0.4, 0.5) is 0 Å². The van der Waals surface area contributed by atoms with Crippen LogP contribution in [0.3, 0.4) is 0 Å². The minimum absolute atomic E-state index is 0.0958. The standard InChI is InChI=1S/C11H13NO/c1-3-8-7-11(13)10(5-6-12)9(8)4-2/h1,8,10H,2,5-7,12H2. The Morgan fingerprint density at radius 3 is 2.85 bits per heavy atom. The summed E-state index contributed by atoms with van der Waals surface area (Å²) >= 11 is 0. The maximum absolute atomic E-state index is 11.5. The molecule has 2 N–H and O–H groups in total. The van der Waals surface area contributed by atoms with Crippen molar-refractivity contribution in [3.05, 3.63) is 17.9 Å². The van der Waals surface area contributed by atoms with Crippen molar-refractivity contribution in [2.45, 2.75) is 12.8 Å². The second kappa shape index (κ2) is 4.09. The number of terminal acetylenes is 1. The molecule has 0 radical (unpaired) electrons. The zero-order valence-corrected chi connectivity index (χ0v) is 7.55. The van der Waals surface area contributed by atoms with Crippen LogP contribution in [0.1, 0.15) is 12.8 Å². The predicted octanol–water partition coefficient (Wildman–Crippen LogP) is 0.885. The fourth-order valence-corrected chi connectivity index (χ4v) is 1.75. The van der Waals surface area contributed by atoms with Gasteiger partial charge in [-0.25, -0.2) is 0 Å². The molecule has 0 heterocycles. The van der Waals surface area contributed by atoms with Crippen LogP contribution in [0.5, 0.6) is 0 Å². The summed E-state index contributed by atoms with van der Waals surface area (Å²) in [5.74, 6) is 2.55. The summed E-state index contributed by atoms with van der Waals surface area (Å²) in [7, 11) is 0. The van der Waals surface area contributed by atoms with E-state index < -0.39 is 0 Å². The number of ketones is 1. The molecule has 0 aromatic rings. The number of allylic oxidation sites excluding steroid dienone is 1. The molecule has 13 heavy (non-hydrogen) atoms. The van der Waals surface area contributed by atoms with Crippen molar-refractivity contribution >= 4 is 5.78 Å². The maximum atomic E-state index is 11.5. The second-order valence-electron chi connectivity index (χ2n) is 3.15. The smallest absolute Gasteiger partial charge is 0.142 e. The Morgan fingerprint density at radius 2 is 2.38 bits per heavy atom. The first-order valence-corrected chi connectivity index (χ1v) is 4.33. The molecule has 1 saturated carbocycles. The van der Waals surface area contributed by atoms with Gasteiger partial charge in [-0.3, -0.25) is 4.79 Å². The predicted molar refractivity (Wildman–Crippen MR) is 51.8 cm³/mol. The molecule has 2 heteroatoms. The van der Waals surface area contributed by atoms with Crippen molar-refractivity contribution in [3.8, 4) is 12.3 Å². The van der Waals surface area contributed by atoms with Gasteiger partial charge in [0.15, 0.2) is 0 Å². The van der Waals surface area contributed by atoms with E-state index in [-0.39, 0.29) is 17.6 Å². The third-order valence-electron chi connectivity index (χ3n) is 2.41. The lowest BCUT2D eigenvalue weighted by Gasteiger charge is -2.07. The molecule has 0 bridgehead atoms. The first kappa shape index (κ1) is 9.80. The van der Waals surface area contributed by atoms with E-state index >= 15 is 0 Å². The molecular formula is C11H13NO. The SMILES string of the molecule is C#CC1CC(=O)C(CCN)C1=C=C. The Balaban J connectivity index is 2.91. The molecule has 68 valence electrons. The van der Waals surface area contributed by atoms with E-state index in [1.165, 1.54) is 0 Å². The highest BCUT2D eigenvalue weighted by molar-refractivity contribution is 5.88. The third-order valence-corrected chi connectivity index (χ3v) is 2.41. The van der Waals surface area contributed by atoms with E-state index in [2.05, 4.69) is 18.2 Å². The Bertz CT molecular complexity index is 305. The lowest BCUT2D eigenvalue weighted by Crippen LogP contribution is -2.13. The maximum Gasteiger partial charge on any atom is 0.142 e. The van der Waals surface area contributed by atoms with Gasteiger partial charge in [0.1, 0.15) is 5.78 Å². The number of nitrogens with two attached hydrogens (primary N) is 1. The molecule has 0 amide bonds. The summed E-state index contributed by atoms with van der Waals surface area (Å²) in [6, 6.07) is 0. The summed E-state index contributed by atoms with van der Waals surface area (Å²) in [6.07, 6.45) is 6.39. The number of Topliss-reactive ketones (excluding diaryl/α,β-unsaturated/α-hetero) is 1. The molecule has 0 saturated heterocycles. The van der Waals surface area contributed by atoms with Crippen molar-refractivity contribution in [1.82, 2.24) is 0 Å². The zero-order chi connectivity index (χ0) is 9.84.